The maximum Gasteiger partial charge on any atom is 0.224 e. The van der Waals surface area contributed by atoms with Gasteiger partial charge in [0.25, 0.3) is 0 Å². The third kappa shape index (κ3) is 4.87. The van der Waals surface area contributed by atoms with Crippen LogP contribution in [0.3, 0.4) is 0 Å². The molecule has 1 unspecified atom stereocenters. The van der Waals surface area contributed by atoms with Crippen LogP contribution >= 0.6 is 0 Å². The van der Waals surface area contributed by atoms with Gasteiger partial charge in [0, 0.05) is 12.6 Å². The number of benzene rings is 1. The van der Waals surface area contributed by atoms with Gasteiger partial charge in [-0.3, -0.25) is 4.79 Å². The summed E-state index contributed by atoms with van der Waals surface area (Å²) in [5, 5.41) is 12.0. The Labute approximate surface area is 102 Å². The summed E-state index contributed by atoms with van der Waals surface area (Å²) < 4.78 is 0. The highest BCUT2D eigenvalue weighted by molar-refractivity contribution is 5.78. The van der Waals surface area contributed by atoms with Crippen LogP contribution in [0.4, 0.5) is 0 Å². The lowest BCUT2D eigenvalue weighted by Gasteiger charge is -2.15. The normalized spacial score (nSPS) is 12.1. The summed E-state index contributed by atoms with van der Waals surface area (Å²) in [4.78, 5) is 11.7. The fourth-order valence-corrected chi connectivity index (χ4v) is 1.68. The van der Waals surface area contributed by atoms with Gasteiger partial charge in [0.2, 0.25) is 5.91 Å². The number of rotatable bonds is 6. The second kappa shape index (κ2) is 6.91. The van der Waals surface area contributed by atoms with Gasteiger partial charge in [-0.05, 0) is 24.1 Å². The number of phenols is 1. The van der Waals surface area contributed by atoms with Crippen LogP contribution in [0, 0.1) is 0 Å². The van der Waals surface area contributed by atoms with Crippen LogP contribution in [0.25, 0.3) is 0 Å². The number of aromatic hydroxyl groups is 1. The van der Waals surface area contributed by atoms with Crippen molar-refractivity contribution in [2.75, 3.05) is 6.54 Å². The molecule has 0 heterocycles. The average Bonchev–Trinajstić information content (AvgIpc) is 2.31. The van der Waals surface area contributed by atoms with Gasteiger partial charge in [0.1, 0.15) is 5.75 Å². The quantitative estimate of drug-likeness (QED) is 0.694. The Bertz CT molecular complexity index is 349. The predicted octanol–water partition coefficient (Wildman–Crippen LogP) is 1.18. The van der Waals surface area contributed by atoms with Crippen LogP contribution in [-0.2, 0) is 11.2 Å². The topological polar surface area (TPSA) is 75.3 Å². The molecule has 0 aromatic heterocycles. The van der Waals surface area contributed by atoms with Crippen molar-refractivity contribution < 1.29 is 9.90 Å². The lowest BCUT2D eigenvalue weighted by Crippen LogP contribution is -2.40. The number of nitrogens with two attached hydrogens (primary N) is 1. The summed E-state index contributed by atoms with van der Waals surface area (Å²) in [5.74, 6) is 0.180. The predicted molar refractivity (Wildman–Crippen MR) is 67.7 cm³/mol. The van der Waals surface area contributed by atoms with Crippen molar-refractivity contribution in [2.45, 2.75) is 32.2 Å². The maximum atomic E-state index is 11.7. The number of amides is 1. The molecule has 1 rings (SSSR count). The van der Waals surface area contributed by atoms with Gasteiger partial charge >= 0.3 is 0 Å². The van der Waals surface area contributed by atoms with Gasteiger partial charge < -0.3 is 16.2 Å². The zero-order valence-electron chi connectivity index (χ0n) is 10.1. The van der Waals surface area contributed by atoms with Crippen LogP contribution in [-0.4, -0.2) is 23.6 Å². The molecule has 0 saturated carbocycles. The van der Waals surface area contributed by atoms with E-state index in [0.29, 0.717) is 13.0 Å². The van der Waals surface area contributed by atoms with E-state index in [1.165, 1.54) is 0 Å². The molecule has 4 heteroatoms. The summed E-state index contributed by atoms with van der Waals surface area (Å²) in [5.41, 5.74) is 6.45. The molecule has 0 radical (unpaired) electrons. The molecule has 4 nitrogen and oxygen atoms in total. The van der Waals surface area contributed by atoms with E-state index in [1.807, 2.05) is 0 Å². The van der Waals surface area contributed by atoms with Gasteiger partial charge in [-0.15, -0.1) is 0 Å². The summed E-state index contributed by atoms with van der Waals surface area (Å²) in [6, 6.07) is 6.70. The zero-order valence-corrected chi connectivity index (χ0v) is 10.1. The number of nitrogens with one attached hydrogen (secondary N) is 1. The summed E-state index contributed by atoms with van der Waals surface area (Å²) in [6.45, 7) is 2.53. The second-order valence-corrected chi connectivity index (χ2v) is 4.13. The summed E-state index contributed by atoms with van der Waals surface area (Å²) >= 11 is 0. The average molecular weight is 236 g/mol. The van der Waals surface area contributed by atoms with E-state index >= 15 is 0 Å². The van der Waals surface area contributed by atoms with Crippen LogP contribution in [0.5, 0.6) is 5.75 Å². The Balaban J connectivity index is 2.46. The van der Waals surface area contributed by atoms with Crippen molar-refractivity contribution in [3.8, 4) is 5.75 Å². The lowest BCUT2D eigenvalue weighted by atomic mass is 10.1. The Kier molecular flexibility index (Phi) is 5.49. The van der Waals surface area contributed by atoms with Crippen molar-refractivity contribution in [3.63, 3.8) is 0 Å². The van der Waals surface area contributed by atoms with E-state index in [-0.39, 0.29) is 17.7 Å². The molecule has 0 fully saturated rings. The minimum Gasteiger partial charge on any atom is -0.508 e. The first-order chi connectivity index (χ1) is 8.15. The molecular weight excluding hydrogens is 216 g/mol. The highest BCUT2D eigenvalue weighted by atomic mass is 16.3. The highest BCUT2D eigenvalue weighted by Gasteiger charge is 2.10. The minimum atomic E-state index is -0.0282. The molecule has 0 aliphatic carbocycles. The summed E-state index contributed by atoms with van der Waals surface area (Å²) in [6.07, 6.45) is 2.22. The van der Waals surface area contributed by atoms with E-state index in [0.717, 1.165) is 18.4 Å². The molecule has 0 bridgehead atoms. The van der Waals surface area contributed by atoms with Crippen molar-refractivity contribution >= 4 is 5.91 Å². The standard InChI is InChI=1S/C13H20N2O2/c1-2-3-11(9-14)15-13(17)8-10-4-6-12(16)7-5-10/h4-7,11,16H,2-3,8-9,14H2,1H3,(H,15,17). The van der Waals surface area contributed by atoms with E-state index < -0.39 is 0 Å². The minimum absolute atomic E-state index is 0.0282. The fourth-order valence-electron chi connectivity index (χ4n) is 1.68. The third-order valence-corrected chi connectivity index (χ3v) is 2.59. The van der Waals surface area contributed by atoms with E-state index in [4.69, 9.17) is 10.8 Å². The molecule has 0 aliphatic rings. The number of hydrogen-bond acceptors (Lipinski definition) is 3. The molecule has 0 aliphatic heterocycles. The highest BCUT2D eigenvalue weighted by Crippen LogP contribution is 2.10. The first kappa shape index (κ1) is 13.5. The van der Waals surface area contributed by atoms with Crippen LogP contribution in [0.15, 0.2) is 24.3 Å². The zero-order chi connectivity index (χ0) is 12.7. The molecule has 0 spiro atoms. The Morgan fingerprint density at radius 1 is 1.41 bits per heavy atom. The largest absolute Gasteiger partial charge is 0.508 e. The van der Waals surface area contributed by atoms with Gasteiger partial charge in [0.05, 0.1) is 6.42 Å². The summed E-state index contributed by atoms with van der Waals surface area (Å²) in [7, 11) is 0. The van der Waals surface area contributed by atoms with E-state index in [1.54, 1.807) is 24.3 Å². The lowest BCUT2D eigenvalue weighted by molar-refractivity contribution is -0.121. The van der Waals surface area contributed by atoms with Crippen molar-refractivity contribution in [1.29, 1.82) is 0 Å². The maximum absolute atomic E-state index is 11.7. The third-order valence-electron chi connectivity index (χ3n) is 2.59. The van der Waals surface area contributed by atoms with Crippen molar-refractivity contribution in [1.82, 2.24) is 5.32 Å². The Morgan fingerprint density at radius 3 is 2.59 bits per heavy atom. The number of phenolic OH excluding ortho intramolecular Hbond substituents is 1. The van der Waals surface area contributed by atoms with Gasteiger partial charge in [-0.2, -0.15) is 0 Å². The van der Waals surface area contributed by atoms with Gasteiger partial charge in [-0.1, -0.05) is 25.5 Å². The molecule has 0 saturated heterocycles. The Hall–Kier alpha value is -1.55. The van der Waals surface area contributed by atoms with Crippen LogP contribution in [0.2, 0.25) is 0 Å². The first-order valence-corrected chi connectivity index (χ1v) is 5.93. The molecule has 94 valence electrons. The first-order valence-electron chi connectivity index (χ1n) is 5.93. The second-order valence-electron chi connectivity index (χ2n) is 4.13. The van der Waals surface area contributed by atoms with E-state index in [9.17, 15) is 4.79 Å². The van der Waals surface area contributed by atoms with E-state index in [2.05, 4.69) is 12.2 Å². The number of carbonyl (C=O) groups excluding carboxylic acids is 1. The molecular formula is C13H20N2O2. The van der Waals surface area contributed by atoms with Gasteiger partial charge in [-0.25, -0.2) is 0 Å². The molecule has 1 atom stereocenters. The smallest absolute Gasteiger partial charge is 0.224 e. The Morgan fingerprint density at radius 2 is 2.06 bits per heavy atom. The molecule has 1 aromatic carbocycles. The monoisotopic (exact) mass is 236 g/mol. The number of carbonyl (C=O) groups is 1. The molecule has 17 heavy (non-hydrogen) atoms. The van der Waals surface area contributed by atoms with Crippen LogP contribution < -0.4 is 11.1 Å². The SMILES string of the molecule is CCCC(CN)NC(=O)Cc1ccc(O)cc1. The van der Waals surface area contributed by atoms with Crippen molar-refractivity contribution in [3.05, 3.63) is 29.8 Å². The fraction of sp³-hybridized carbons (Fsp3) is 0.462. The molecule has 4 N–H and O–H groups in total. The number of hydrogen-bond donors (Lipinski definition) is 3. The molecule has 1 aromatic rings. The van der Waals surface area contributed by atoms with Gasteiger partial charge in [0.15, 0.2) is 0 Å². The molecule has 1 amide bonds. The van der Waals surface area contributed by atoms with Crippen LogP contribution in [0.1, 0.15) is 25.3 Å². The van der Waals surface area contributed by atoms with Crippen molar-refractivity contribution in [2.24, 2.45) is 5.73 Å².